The largest absolute Gasteiger partial charge is 0.439 e. The summed E-state index contributed by atoms with van der Waals surface area (Å²) >= 11 is 0. The second-order valence-corrected chi connectivity index (χ2v) is 9.25. The molecule has 1 N–H and O–H groups in total. The number of aromatic amines is 1. The lowest BCUT2D eigenvalue weighted by Crippen LogP contribution is -2.31. The number of H-pyrrole nitrogens is 1. The highest BCUT2D eigenvalue weighted by Crippen LogP contribution is 2.32. The van der Waals surface area contributed by atoms with Gasteiger partial charge in [0.25, 0.3) is 0 Å². The Morgan fingerprint density at radius 3 is 2.62 bits per heavy atom. The summed E-state index contributed by atoms with van der Waals surface area (Å²) in [5, 5.41) is 7.93. The first-order valence-corrected chi connectivity index (χ1v) is 11.6. The molecule has 2 aliphatic heterocycles. The molecule has 2 atom stereocenters. The molecule has 1 amide bonds. The highest BCUT2D eigenvalue weighted by atomic mass is 16.5. The van der Waals surface area contributed by atoms with Crippen molar-refractivity contribution < 1.29 is 9.53 Å². The molecule has 2 unspecified atom stereocenters. The second kappa shape index (κ2) is 8.53. The fourth-order valence-corrected chi connectivity index (χ4v) is 5.14. The summed E-state index contributed by atoms with van der Waals surface area (Å²) in [6.45, 7) is 6.37. The maximum absolute atomic E-state index is 11.6. The van der Waals surface area contributed by atoms with Crippen molar-refractivity contribution in [3.05, 3.63) is 66.6 Å². The van der Waals surface area contributed by atoms with Crippen molar-refractivity contribution in [3.8, 4) is 22.9 Å². The zero-order valence-electron chi connectivity index (χ0n) is 19.0. The van der Waals surface area contributed by atoms with Gasteiger partial charge in [-0.05, 0) is 48.2 Å². The summed E-state index contributed by atoms with van der Waals surface area (Å²) in [5.74, 6) is 2.64. The van der Waals surface area contributed by atoms with Gasteiger partial charge in [0.15, 0.2) is 0 Å². The zero-order chi connectivity index (χ0) is 23.1. The van der Waals surface area contributed by atoms with Gasteiger partial charge in [-0.2, -0.15) is 5.10 Å². The molecule has 1 aromatic carbocycles. The molecule has 0 spiro atoms. The van der Waals surface area contributed by atoms with Gasteiger partial charge in [-0.3, -0.25) is 19.8 Å². The zero-order valence-corrected chi connectivity index (χ0v) is 19.0. The Hall–Kier alpha value is -3.78. The van der Waals surface area contributed by atoms with E-state index in [0.29, 0.717) is 17.7 Å². The van der Waals surface area contributed by atoms with Gasteiger partial charge >= 0.3 is 0 Å². The molecule has 6 rings (SSSR count). The molecule has 2 saturated heterocycles. The highest BCUT2D eigenvalue weighted by molar-refractivity contribution is 5.80. The van der Waals surface area contributed by atoms with Crippen LogP contribution in [0.15, 0.2) is 60.9 Å². The first-order chi connectivity index (χ1) is 16.6. The number of benzene rings is 1. The van der Waals surface area contributed by atoms with E-state index in [1.165, 1.54) is 0 Å². The van der Waals surface area contributed by atoms with E-state index in [4.69, 9.17) is 9.72 Å². The van der Waals surface area contributed by atoms with Crippen LogP contribution in [0.5, 0.6) is 11.6 Å². The summed E-state index contributed by atoms with van der Waals surface area (Å²) in [6, 6.07) is 15.8. The number of carbonyl (C=O) groups is 1. The molecule has 2 fully saturated rings. The van der Waals surface area contributed by atoms with Crippen LogP contribution < -0.4 is 4.74 Å². The molecule has 172 valence electrons. The summed E-state index contributed by atoms with van der Waals surface area (Å²) in [5.41, 5.74) is 3.90. The Labute approximate surface area is 197 Å². The minimum atomic E-state index is 0.197. The molecule has 4 aromatic rings. The van der Waals surface area contributed by atoms with Crippen LogP contribution in [0.4, 0.5) is 0 Å². The minimum absolute atomic E-state index is 0.197. The Morgan fingerprint density at radius 1 is 1.06 bits per heavy atom. The number of carbonyl (C=O) groups excluding carboxylic acids is 1. The summed E-state index contributed by atoms with van der Waals surface area (Å²) in [4.78, 5) is 25.4. The van der Waals surface area contributed by atoms with Crippen molar-refractivity contribution in [2.75, 3.05) is 26.2 Å². The fraction of sp³-hybridized carbons (Fsp3) is 0.308. The average molecular weight is 455 g/mol. The Morgan fingerprint density at radius 2 is 1.91 bits per heavy atom. The summed E-state index contributed by atoms with van der Waals surface area (Å²) in [7, 11) is 0. The minimum Gasteiger partial charge on any atom is -0.439 e. The van der Waals surface area contributed by atoms with E-state index < -0.39 is 0 Å². The van der Waals surface area contributed by atoms with Crippen molar-refractivity contribution in [3.63, 3.8) is 0 Å². The third-order valence-corrected chi connectivity index (χ3v) is 6.88. The Bertz CT molecular complexity index is 1310. The van der Waals surface area contributed by atoms with E-state index in [-0.39, 0.29) is 5.91 Å². The Kier molecular flexibility index (Phi) is 5.22. The van der Waals surface area contributed by atoms with Gasteiger partial charge in [0.1, 0.15) is 5.75 Å². The molecule has 8 heteroatoms. The molecule has 0 radical (unpaired) electrons. The normalized spacial score (nSPS) is 20.1. The van der Waals surface area contributed by atoms with Gasteiger partial charge in [0, 0.05) is 69.1 Å². The quantitative estimate of drug-likeness (QED) is 0.495. The van der Waals surface area contributed by atoms with Crippen LogP contribution >= 0.6 is 0 Å². The predicted octanol–water partition coefficient (Wildman–Crippen LogP) is 3.72. The van der Waals surface area contributed by atoms with Crippen molar-refractivity contribution >= 4 is 16.8 Å². The van der Waals surface area contributed by atoms with E-state index in [0.717, 1.165) is 66.3 Å². The maximum Gasteiger partial charge on any atom is 0.219 e. The van der Waals surface area contributed by atoms with E-state index in [1.807, 2.05) is 41.3 Å². The lowest BCUT2D eigenvalue weighted by atomic mass is 10.0. The summed E-state index contributed by atoms with van der Waals surface area (Å²) in [6.07, 6.45) is 3.48. The first-order valence-electron chi connectivity index (χ1n) is 11.6. The second-order valence-electron chi connectivity index (χ2n) is 9.25. The number of nitrogens with one attached hydrogen (secondary N) is 1. The van der Waals surface area contributed by atoms with E-state index in [9.17, 15) is 4.79 Å². The van der Waals surface area contributed by atoms with Crippen LogP contribution in [0.2, 0.25) is 0 Å². The van der Waals surface area contributed by atoms with E-state index in [2.05, 4.69) is 32.2 Å². The molecule has 5 heterocycles. The SMILES string of the molecule is CC(=O)N1CC2CN(Cc3ccc4cc(Oc5ccc(-c6ccn[nH]6)cn5)ccc4n3)CC2C1. The first kappa shape index (κ1) is 20.8. The van der Waals surface area contributed by atoms with Crippen LogP contribution in [-0.4, -0.2) is 62.1 Å². The molecule has 0 bridgehead atoms. The highest BCUT2D eigenvalue weighted by Gasteiger charge is 2.40. The van der Waals surface area contributed by atoms with Gasteiger partial charge in [0.2, 0.25) is 11.8 Å². The number of ether oxygens (including phenoxy) is 1. The van der Waals surface area contributed by atoms with Gasteiger partial charge in [-0.15, -0.1) is 0 Å². The third-order valence-electron chi connectivity index (χ3n) is 6.88. The fourth-order valence-electron chi connectivity index (χ4n) is 5.14. The van der Waals surface area contributed by atoms with Gasteiger partial charge in [0.05, 0.1) is 16.9 Å². The van der Waals surface area contributed by atoms with Crippen molar-refractivity contribution in [2.45, 2.75) is 13.5 Å². The average Bonchev–Trinajstić information content (AvgIpc) is 3.57. The molecule has 0 saturated carbocycles. The van der Waals surface area contributed by atoms with Crippen LogP contribution in [-0.2, 0) is 11.3 Å². The van der Waals surface area contributed by atoms with Gasteiger partial charge < -0.3 is 9.64 Å². The Balaban J connectivity index is 1.10. The molecule has 8 nitrogen and oxygen atoms in total. The number of amides is 1. The van der Waals surface area contributed by atoms with Crippen LogP contribution in [0.25, 0.3) is 22.2 Å². The molecule has 0 aliphatic carbocycles. The lowest BCUT2D eigenvalue weighted by molar-refractivity contribution is -0.128. The monoisotopic (exact) mass is 454 g/mol. The topological polar surface area (TPSA) is 87.2 Å². The van der Waals surface area contributed by atoms with Crippen LogP contribution in [0.1, 0.15) is 12.6 Å². The number of hydrogen-bond acceptors (Lipinski definition) is 6. The van der Waals surface area contributed by atoms with Crippen molar-refractivity contribution in [2.24, 2.45) is 11.8 Å². The molecule has 34 heavy (non-hydrogen) atoms. The smallest absolute Gasteiger partial charge is 0.219 e. The van der Waals surface area contributed by atoms with Crippen LogP contribution in [0.3, 0.4) is 0 Å². The predicted molar refractivity (Wildman–Crippen MR) is 128 cm³/mol. The number of likely N-dealkylation sites (tertiary alicyclic amines) is 2. The van der Waals surface area contributed by atoms with E-state index in [1.54, 1.807) is 19.3 Å². The molecular weight excluding hydrogens is 428 g/mol. The maximum atomic E-state index is 11.6. The number of pyridine rings is 2. The number of fused-ring (bicyclic) bond motifs is 2. The lowest BCUT2D eigenvalue weighted by Gasteiger charge is -2.20. The standard InChI is InChI=1S/C26H26N6O2/c1-17(33)32-14-20-12-31(13-21(20)15-32)16-22-4-2-18-10-23(5-6-24(18)29-22)34-26-7-3-19(11-27-26)25-8-9-28-30-25/h2-11,20-21H,12-16H2,1H3,(H,28,30). The number of aromatic nitrogens is 4. The van der Waals surface area contributed by atoms with Crippen LogP contribution in [0, 0.1) is 11.8 Å². The van der Waals surface area contributed by atoms with Crippen molar-refractivity contribution in [1.82, 2.24) is 30.0 Å². The molecule has 3 aromatic heterocycles. The van der Waals surface area contributed by atoms with Crippen molar-refractivity contribution in [1.29, 1.82) is 0 Å². The van der Waals surface area contributed by atoms with E-state index >= 15 is 0 Å². The number of nitrogens with zero attached hydrogens (tertiary/aromatic N) is 5. The molecule has 2 aliphatic rings. The number of hydrogen-bond donors (Lipinski definition) is 1. The van der Waals surface area contributed by atoms with Gasteiger partial charge in [-0.1, -0.05) is 6.07 Å². The number of rotatable bonds is 5. The third kappa shape index (κ3) is 4.12. The summed E-state index contributed by atoms with van der Waals surface area (Å²) < 4.78 is 5.96. The molecular formula is C26H26N6O2. The van der Waals surface area contributed by atoms with Gasteiger partial charge in [-0.25, -0.2) is 4.98 Å².